The van der Waals surface area contributed by atoms with Crippen molar-refractivity contribution in [3.05, 3.63) is 39.7 Å². The van der Waals surface area contributed by atoms with Gasteiger partial charge in [-0.15, -0.1) is 0 Å². The largest absolute Gasteiger partial charge is 0.310 e. The van der Waals surface area contributed by atoms with E-state index in [-0.39, 0.29) is 5.69 Å². The van der Waals surface area contributed by atoms with Gasteiger partial charge in [-0.05, 0) is 25.0 Å². The summed E-state index contributed by atoms with van der Waals surface area (Å²) < 4.78 is 13.1. The highest BCUT2D eigenvalue weighted by Crippen LogP contribution is 2.16. The Morgan fingerprint density at radius 2 is 2.18 bits per heavy atom. The number of benzene rings is 1. The minimum atomic E-state index is -0.581. The Balaban J connectivity index is 2.68. The molecule has 0 fully saturated rings. The molecule has 0 aromatic heterocycles. The first-order valence-corrected chi connectivity index (χ1v) is 5.70. The van der Waals surface area contributed by atoms with E-state index in [9.17, 15) is 14.5 Å². The molecule has 1 unspecified atom stereocenters. The van der Waals surface area contributed by atoms with Crippen LogP contribution in [-0.2, 0) is 6.54 Å². The van der Waals surface area contributed by atoms with Crippen molar-refractivity contribution in [2.45, 2.75) is 39.3 Å². The Labute approximate surface area is 100.0 Å². The highest BCUT2D eigenvalue weighted by Gasteiger charge is 2.10. The number of nitro groups is 1. The molecule has 0 saturated carbocycles. The molecule has 1 rings (SSSR count). The van der Waals surface area contributed by atoms with Crippen LogP contribution in [0.1, 0.15) is 32.3 Å². The van der Waals surface area contributed by atoms with Crippen molar-refractivity contribution in [1.82, 2.24) is 5.32 Å². The lowest BCUT2D eigenvalue weighted by atomic mass is 10.1. The van der Waals surface area contributed by atoms with Crippen LogP contribution in [0.4, 0.5) is 10.1 Å². The van der Waals surface area contributed by atoms with E-state index >= 15 is 0 Å². The van der Waals surface area contributed by atoms with Crippen LogP contribution in [-0.4, -0.2) is 11.0 Å². The summed E-state index contributed by atoms with van der Waals surface area (Å²) in [5.41, 5.74) is 0.393. The molecule has 0 aliphatic heterocycles. The predicted molar refractivity (Wildman–Crippen MR) is 64.3 cm³/mol. The average Bonchev–Trinajstić information content (AvgIpc) is 2.26. The fraction of sp³-hybridized carbons (Fsp3) is 0.500. The first-order chi connectivity index (χ1) is 8.02. The molecule has 0 radical (unpaired) electrons. The summed E-state index contributed by atoms with van der Waals surface area (Å²) in [6.45, 7) is 4.57. The lowest BCUT2D eigenvalue weighted by molar-refractivity contribution is -0.385. The van der Waals surface area contributed by atoms with E-state index in [0.717, 1.165) is 18.9 Å². The molecule has 4 nitrogen and oxygen atoms in total. The summed E-state index contributed by atoms with van der Waals surface area (Å²) in [6.07, 6.45) is 2.09. The molecule has 0 saturated heterocycles. The van der Waals surface area contributed by atoms with Crippen LogP contribution < -0.4 is 5.32 Å². The number of non-ortho nitro benzene ring substituents is 1. The van der Waals surface area contributed by atoms with E-state index in [1.54, 1.807) is 0 Å². The second kappa shape index (κ2) is 6.30. The molecule has 0 bridgehead atoms. The molecule has 0 amide bonds. The first kappa shape index (κ1) is 13.6. The Bertz CT molecular complexity index is 396. The average molecular weight is 240 g/mol. The van der Waals surface area contributed by atoms with Gasteiger partial charge in [0.05, 0.1) is 11.0 Å². The Kier molecular flexibility index (Phi) is 5.03. The van der Waals surface area contributed by atoms with Gasteiger partial charge in [-0.25, -0.2) is 4.39 Å². The number of rotatable bonds is 6. The fourth-order valence-corrected chi connectivity index (χ4v) is 1.67. The van der Waals surface area contributed by atoms with Gasteiger partial charge in [0.15, 0.2) is 0 Å². The lowest BCUT2D eigenvalue weighted by Crippen LogP contribution is -2.25. The summed E-state index contributed by atoms with van der Waals surface area (Å²) >= 11 is 0. The van der Waals surface area contributed by atoms with Crippen molar-refractivity contribution < 1.29 is 9.31 Å². The second-order valence-corrected chi connectivity index (χ2v) is 4.15. The van der Waals surface area contributed by atoms with Crippen molar-refractivity contribution in [2.24, 2.45) is 0 Å². The number of nitrogens with one attached hydrogen (secondary N) is 1. The molecule has 1 N–H and O–H groups in total. The molecule has 1 aromatic carbocycles. The van der Waals surface area contributed by atoms with Gasteiger partial charge in [-0.2, -0.15) is 0 Å². The lowest BCUT2D eigenvalue weighted by Gasteiger charge is -2.12. The van der Waals surface area contributed by atoms with E-state index in [0.29, 0.717) is 18.2 Å². The minimum Gasteiger partial charge on any atom is -0.310 e. The van der Waals surface area contributed by atoms with Crippen LogP contribution in [0.5, 0.6) is 0 Å². The molecule has 0 aliphatic carbocycles. The molecule has 0 spiro atoms. The number of hydrogen-bond acceptors (Lipinski definition) is 3. The van der Waals surface area contributed by atoms with E-state index in [4.69, 9.17) is 0 Å². The van der Waals surface area contributed by atoms with E-state index < -0.39 is 10.7 Å². The number of nitrogens with zero attached hydrogens (tertiary/aromatic N) is 1. The van der Waals surface area contributed by atoms with Crippen molar-refractivity contribution in [3.8, 4) is 0 Å². The Morgan fingerprint density at radius 1 is 1.47 bits per heavy atom. The fourth-order valence-electron chi connectivity index (χ4n) is 1.67. The van der Waals surface area contributed by atoms with Gasteiger partial charge in [0.1, 0.15) is 5.82 Å². The van der Waals surface area contributed by atoms with Gasteiger partial charge in [-0.3, -0.25) is 10.1 Å². The first-order valence-electron chi connectivity index (χ1n) is 5.70. The third-order valence-electron chi connectivity index (χ3n) is 2.53. The van der Waals surface area contributed by atoms with Gasteiger partial charge >= 0.3 is 0 Å². The summed E-state index contributed by atoms with van der Waals surface area (Å²) in [4.78, 5) is 9.98. The smallest absolute Gasteiger partial charge is 0.272 e. The van der Waals surface area contributed by atoms with Gasteiger partial charge in [0.25, 0.3) is 5.69 Å². The zero-order chi connectivity index (χ0) is 12.8. The maximum atomic E-state index is 13.1. The van der Waals surface area contributed by atoms with Crippen LogP contribution in [0.2, 0.25) is 0 Å². The second-order valence-electron chi connectivity index (χ2n) is 4.15. The summed E-state index contributed by atoms with van der Waals surface area (Å²) in [6, 6.07) is 3.97. The van der Waals surface area contributed by atoms with E-state index in [1.165, 1.54) is 12.1 Å². The standard InChI is InChI=1S/C12H17FN2O2/c1-3-4-9(2)14-8-10-5-11(13)7-12(6-10)15(16)17/h5-7,9,14H,3-4,8H2,1-2H3. The van der Waals surface area contributed by atoms with Crippen LogP contribution in [0.25, 0.3) is 0 Å². The van der Waals surface area contributed by atoms with E-state index in [2.05, 4.69) is 12.2 Å². The molecule has 1 aromatic rings. The minimum absolute atomic E-state index is 0.204. The van der Waals surface area contributed by atoms with Gasteiger partial charge in [0, 0.05) is 18.7 Å². The van der Waals surface area contributed by atoms with E-state index in [1.807, 2.05) is 6.92 Å². The normalized spacial score (nSPS) is 12.4. The Morgan fingerprint density at radius 3 is 2.76 bits per heavy atom. The molecule has 1 atom stereocenters. The van der Waals surface area contributed by atoms with Crippen molar-refractivity contribution >= 4 is 5.69 Å². The summed E-state index contributed by atoms with van der Waals surface area (Å²) in [5, 5.41) is 13.8. The van der Waals surface area contributed by atoms with Gasteiger partial charge in [0.2, 0.25) is 0 Å². The topological polar surface area (TPSA) is 55.2 Å². The van der Waals surface area contributed by atoms with Crippen LogP contribution in [0.3, 0.4) is 0 Å². The Hall–Kier alpha value is -1.49. The number of halogens is 1. The van der Waals surface area contributed by atoms with Crippen LogP contribution in [0.15, 0.2) is 18.2 Å². The van der Waals surface area contributed by atoms with Crippen LogP contribution >= 0.6 is 0 Å². The highest BCUT2D eigenvalue weighted by atomic mass is 19.1. The van der Waals surface area contributed by atoms with Crippen molar-refractivity contribution in [2.75, 3.05) is 0 Å². The summed E-state index contributed by atoms with van der Waals surface area (Å²) in [5.74, 6) is -0.570. The maximum Gasteiger partial charge on any atom is 0.272 e. The van der Waals surface area contributed by atoms with Crippen molar-refractivity contribution in [3.63, 3.8) is 0 Å². The molecular weight excluding hydrogens is 223 g/mol. The molecule has 0 aliphatic rings. The number of nitro benzene ring substituents is 1. The molecule has 94 valence electrons. The third kappa shape index (κ3) is 4.48. The van der Waals surface area contributed by atoms with Gasteiger partial charge < -0.3 is 5.32 Å². The monoisotopic (exact) mass is 240 g/mol. The highest BCUT2D eigenvalue weighted by molar-refractivity contribution is 5.35. The zero-order valence-corrected chi connectivity index (χ0v) is 10.1. The van der Waals surface area contributed by atoms with Gasteiger partial charge in [-0.1, -0.05) is 13.3 Å². The molecule has 5 heteroatoms. The molecular formula is C12H17FN2O2. The number of hydrogen-bond donors (Lipinski definition) is 1. The van der Waals surface area contributed by atoms with Crippen LogP contribution in [0, 0.1) is 15.9 Å². The third-order valence-corrected chi connectivity index (χ3v) is 2.53. The molecule has 17 heavy (non-hydrogen) atoms. The quantitative estimate of drug-likeness (QED) is 0.614. The maximum absolute atomic E-state index is 13.1. The van der Waals surface area contributed by atoms with Crippen molar-refractivity contribution in [1.29, 1.82) is 0 Å². The predicted octanol–water partition coefficient (Wildman–Crippen LogP) is 3.01. The SMILES string of the molecule is CCCC(C)NCc1cc(F)cc([N+](=O)[O-])c1. The zero-order valence-electron chi connectivity index (χ0n) is 10.1. The molecule has 0 heterocycles. The summed E-state index contributed by atoms with van der Waals surface area (Å²) in [7, 11) is 0.